The molecule has 0 aliphatic heterocycles. The van der Waals surface area contributed by atoms with Crippen LogP contribution in [0.2, 0.25) is 5.02 Å². The predicted octanol–water partition coefficient (Wildman–Crippen LogP) is 4.05. The number of rotatable bonds is 5. The molecule has 0 spiro atoms. The highest BCUT2D eigenvalue weighted by atomic mass is 35.5. The normalized spacial score (nSPS) is 11.2. The highest BCUT2D eigenvalue weighted by molar-refractivity contribution is 6.30. The third kappa shape index (κ3) is 3.60. The van der Waals surface area contributed by atoms with Crippen molar-refractivity contribution in [3.8, 4) is 0 Å². The third-order valence-electron chi connectivity index (χ3n) is 3.93. The predicted molar refractivity (Wildman–Crippen MR) is 93.7 cm³/mol. The number of nitrogens with zero attached hydrogens (tertiary/aromatic N) is 4. The Labute approximate surface area is 153 Å². The van der Waals surface area contributed by atoms with Crippen LogP contribution in [0.3, 0.4) is 0 Å². The topological polar surface area (TPSA) is 64.7 Å². The molecule has 0 aliphatic rings. The first-order valence-corrected chi connectivity index (χ1v) is 8.16. The summed E-state index contributed by atoms with van der Waals surface area (Å²) < 4.78 is 27.9. The molecule has 0 radical (unpaired) electrons. The van der Waals surface area contributed by atoms with E-state index in [0.717, 1.165) is 11.8 Å². The van der Waals surface area contributed by atoms with Crippen LogP contribution in [0.4, 0.5) is 14.5 Å². The number of hydrogen-bond acceptors (Lipinski definition) is 3. The van der Waals surface area contributed by atoms with Gasteiger partial charge in [0.15, 0.2) is 0 Å². The maximum Gasteiger partial charge on any atom is 0.333 e. The molecule has 1 N–H and O–H groups in total. The fourth-order valence-electron chi connectivity index (χ4n) is 2.67. The summed E-state index contributed by atoms with van der Waals surface area (Å²) in [5.74, 6) is -0.670. The lowest BCUT2D eigenvalue weighted by molar-refractivity contribution is 0.0520. The van der Waals surface area contributed by atoms with Crippen LogP contribution in [-0.2, 0) is 6.54 Å². The number of halogens is 3. The molecule has 0 fully saturated rings. The van der Waals surface area contributed by atoms with E-state index in [2.05, 4.69) is 15.5 Å². The van der Waals surface area contributed by atoms with Crippen molar-refractivity contribution < 1.29 is 13.6 Å². The summed E-state index contributed by atoms with van der Waals surface area (Å²) in [4.78, 5) is 12.4. The van der Waals surface area contributed by atoms with E-state index in [1.807, 2.05) is 18.2 Å². The number of hydrogen-bond donors (Lipinski definition) is 1. The van der Waals surface area contributed by atoms with Gasteiger partial charge < -0.3 is 5.32 Å². The fourth-order valence-corrected chi connectivity index (χ4v) is 2.88. The Morgan fingerprint density at radius 2 is 2.08 bits per heavy atom. The fraction of sp³-hybridized carbons (Fsp3) is 0.235. The van der Waals surface area contributed by atoms with Gasteiger partial charge in [-0.3, -0.25) is 9.48 Å². The summed E-state index contributed by atoms with van der Waals surface area (Å²) in [6, 6.07) is 8.61. The van der Waals surface area contributed by atoms with Gasteiger partial charge in [-0.1, -0.05) is 23.7 Å². The molecule has 6 nitrogen and oxygen atoms in total. The van der Waals surface area contributed by atoms with Crippen LogP contribution in [0.1, 0.15) is 34.0 Å². The Bertz CT molecular complexity index is 951. The number of benzene rings is 1. The standard InChI is InChI=1S/C17H16ClF2N5O/c1-10-15(22-16(26)14-6-7-21-25(14)17(19)20)11(2)24(23-10)9-12-4-3-5-13(18)8-12/h3-8,17H,9H2,1-2H3,(H,22,26). The van der Waals surface area contributed by atoms with E-state index in [1.54, 1.807) is 24.6 Å². The molecule has 0 aliphatic carbocycles. The van der Waals surface area contributed by atoms with Gasteiger partial charge in [-0.2, -0.15) is 23.7 Å². The third-order valence-corrected chi connectivity index (χ3v) is 4.16. The number of nitrogens with one attached hydrogen (secondary N) is 1. The zero-order valence-electron chi connectivity index (χ0n) is 14.1. The molecule has 0 saturated heterocycles. The van der Waals surface area contributed by atoms with E-state index in [1.165, 1.54) is 6.07 Å². The molecular formula is C17H16ClF2N5O. The lowest BCUT2D eigenvalue weighted by Gasteiger charge is -2.09. The molecule has 0 saturated carbocycles. The summed E-state index contributed by atoms with van der Waals surface area (Å²) in [7, 11) is 0. The van der Waals surface area contributed by atoms with Crippen molar-refractivity contribution in [2.45, 2.75) is 26.9 Å². The first-order valence-electron chi connectivity index (χ1n) is 7.78. The minimum atomic E-state index is -2.89. The number of amides is 1. The van der Waals surface area contributed by atoms with Gasteiger partial charge in [0.1, 0.15) is 5.69 Å². The minimum Gasteiger partial charge on any atom is -0.317 e. The zero-order chi connectivity index (χ0) is 18.8. The van der Waals surface area contributed by atoms with E-state index in [4.69, 9.17) is 11.6 Å². The van der Waals surface area contributed by atoms with E-state index < -0.39 is 12.5 Å². The van der Waals surface area contributed by atoms with Crippen molar-refractivity contribution >= 4 is 23.2 Å². The Balaban J connectivity index is 1.84. The monoisotopic (exact) mass is 379 g/mol. The van der Waals surface area contributed by atoms with Crippen molar-refractivity contribution in [3.63, 3.8) is 0 Å². The van der Waals surface area contributed by atoms with E-state index in [0.29, 0.717) is 33.3 Å². The number of carbonyl (C=O) groups excluding carboxylic acids is 1. The Hall–Kier alpha value is -2.74. The van der Waals surface area contributed by atoms with Crippen molar-refractivity contribution in [1.29, 1.82) is 0 Å². The van der Waals surface area contributed by atoms with Crippen LogP contribution in [-0.4, -0.2) is 25.5 Å². The van der Waals surface area contributed by atoms with Crippen LogP contribution in [0.25, 0.3) is 0 Å². The SMILES string of the molecule is Cc1nn(Cc2cccc(Cl)c2)c(C)c1NC(=O)c1ccnn1C(F)F. The van der Waals surface area contributed by atoms with Gasteiger partial charge >= 0.3 is 6.55 Å². The van der Waals surface area contributed by atoms with Gasteiger partial charge in [0.25, 0.3) is 5.91 Å². The van der Waals surface area contributed by atoms with Crippen molar-refractivity contribution in [2.75, 3.05) is 5.32 Å². The second-order valence-electron chi connectivity index (χ2n) is 5.73. The molecule has 1 amide bonds. The first kappa shape index (κ1) is 18.1. The van der Waals surface area contributed by atoms with Gasteiger partial charge in [-0.05, 0) is 37.6 Å². The number of aryl methyl sites for hydroxylation is 1. The summed E-state index contributed by atoms with van der Waals surface area (Å²) >= 11 is 6.00. The molecule has 1 aromatic carbocycles. The van der Waals surface area contributed by atoms with E-state index >= 15 is 0 Å². The lowest BCUT2D eigenvalue weighted by atomic mass is 10.2. The molecule has 3 aromatic rings. The van der Waals surface area contributed by atoms with Crippen LogP contribution >= 0.6 is 11.6 Å². The summed E-state index contributed by atoms with van der Waals surface area (Å²) in [5.41, 5.74) is 2.51. The van der Waals surface area contributed by atoms with Crippen molar-refractivity contribution in [2.24, 2.45) is 0 Å². The average molecular weight is 380 g/mol. The Morgan fingerprint density at radius 1 is 1.31 bits per heavy atom. The molecule has 0 atom stereocenters. The Kier molecular flexibility index (Phi) is 5.03. The van der Waals surface area contributed by atoms with Gasteiger partial charge in [-0.25, -0.2) is 0 Å². The van der Waals surface area contributed by atoms with Crippen LogP contribution in [0.15, 0.2) is 36.5 Å². The largest absolute Gasteiger partial charge is 0.333 e. The average Bonchev–Trinajstić information content (AvgIpc) is 3.16. The van der Waals surface area contributed by atoms with Crippen molar-refractivity contribution in [3.05, 3.63) is 64.2 Å². The summed E-state index contributed by atoms with van der Waals surface area (Å²) in [6.07, 6.45) is 1.16. The molecule has 9 heteroatoms. The molecule has 3 rings (SSSR count). The van der Waals surface area contributed by atoms with Crippen molar-refractivity contribution in [1.82, 2.24) is 19.6 Å². The summed E-state index contributed by atoms with van der Waals surface area (Å²) in [6.45, 7) is 1.11. The van der Waals surface area contributed by atoms with Crippen LogP contribution < -0.4 is 5.32 Å². The smallest absolute Gasteiger partial charge is 0.317 e. The van der Waals surface area contributed by atoms with Gasteiger partial charge in [0.2, 0.25) is 0 Å². The zero-order valence-corrected chi connectivity index (χ0v) is 14.8. The highest BCUT2D eigenvalue weighted by Crippen LogP contribution is 2.22. The van der Waals surface area contributed by atoms with Gasteiger partial charge in [-0.15, -0.1) is 0 Å². The number of anilines is 1. The quantitative estimate of drug-likeness (QED) is 0.727. The molecule has 136 valence electrons. The van der Waals surface area contributed by atoms with Gasteiger partial charge in [0.05, 0.1) is 23.6 Å². The first-order chi connectivity index (χ1) is 12.4. The number of carbonyl (C=O) groups is 1. The summed E-state index contributed by atoms with van der Waals surface area (Å²) in [5, 5.41) is 11.2. The number of alkyl halides is 2. The molecule has 2 aromatic heterocycles. The molecule has 0 bridgehead atoms. The maximum absolute atomic E-state index is 12.9. The molecule has 2 heterocycles. The second-order valence-corrected chi connectivity index (χ2v) is 6.16. The molecule has 26 heavy (non-hydrogen) atoms. The maximum atomic E-state index is 12.9. The van der Waals surface area contributed by atoms with Crippen LogP contribution in [0.5, 0.6) is 0 Å². The second kappa shape index (κ2) is 7.25. The molecular weight excluding hydrogens is 364 g/mol. The van der Waals surface area contributed by atoms with Gasteiger partial charge in [0, 0.05) is 11.2 Å². The molecule has 0 unspecified atom stereocenters. The van der Waals surface area contributed by atoms with E-state index in [-0.39, 0.29) is 5.69 Å². The van der Waals surface area contributed by atoms with Crippen LogP contribution in [0, 0.1) is 13.8 Å². The minimum absolute atomic E-state index is 0.221. The highest BCUT2D eigenvalue weighted by Gasteiger charge is 2.21. The van der Waals surface area contributed by atoms with E-state index in [9.17, 15) is 13.6 Å². The lowest BCUT2D eigenvalue weighted by Crippen LogP contribution is -2.19. The Morgan fingerprint density at radius 3 is 2.77 bits per heavy atom. The number of aromatic nitrogens is 4.